The maximum absolute atomic E-state index is 11.9. The zero-order valence-electron chi connectivity index (χ0n) is 9.15. The van der Waals surface area contributed by atoms with Gasteiger partial charge in [0, 0.05) is 14.8 Å². The number of benzene rings is 1. The second-order valence-corrected chi connectivity index (χ2v) is 5.15. The van der Waals surface area contributed by atoms with Gasteiger partial charge in [0.25, 0.3) is 5.91 Å². The number of hydrogen-bond donors (Lipinski definition) is 2. The topological polar surface area (TPSA) is 68.0 Å². The standard InChI is InChI=1S/C12H9ClIN3O/c13-8-2-3-10(9(14)5-8)17-12(18)7-1-4-11(15)16-6-7/h1-6H,(H2,15,16)(H,17,18). The van der Waals surface area contributed by atoms with E-state index < -0.39 is 0 Å². The first-order chi connectivity index (χ1) is 8.56. The molecule has 1 aromatic carbocycles. The molecule has 6 heteroatoms. The van der Waals surface area contributed by atoms with Crippen LogP contribution in [0.2, 0.25) is 5.02 Å². The number of hydrogen-bond acceptors (Lipinski definition) is 3. The first-order valence-electron chi connectivity index (χ1n) is 5.04. The molecular weight excluding hydrogens is 365 g/mol. The lowest BCUT2D eigenvalue weighted by atomic mass is 10.2. The van der Waals surface area contributed by atoms with Crippen LogP contribution in [0.5, 0.6) is 0 Å². The third-order valence-corrected chi connectivity index (χ3v) is 3.36. The van der Waals surface area contributed by atoms with Crippen molar-refractivity contribution in [1.82, 2.24) is 4.98 Å². The quantitative estimate of drug-likeness (QED) is 0.795. The molecule has 0 spiro atoms. The van der Waals surface area contributed by atoms with Gasteiger partial charge >= 0.3 is 0 Å². The van der Waals surface area contributed by atoms with E-state index in [2.05, 4.69) is 32.9 Å². The van der Waals surface area contributed by atoms with E-state index in [1.807, 2.05) is 0 Å². The average molecular weight is 374 g/mol. The number of carbonyl (C=O) groups excluding carboxylic acids is 1. The van der Waals surface area contributed by atoms with Crippen LogP contribution in [0, 0.1) is 3.57 Å². The predicted molar refractivity (Wildman–Crippen MR) is 80.8 cm³/mol. The van der Waals surface area contributed by atoms with E-state index in [9.17, 15) is 4.79 Å². The number of pyridine rings is 1. The van der Waals surface area contributed by atoms with E-state index in [0.717, 1.165) is 3.57 Å². The Morgan fingerprint density at radius 3 is 2.72 bits per heavy atom. The molecule has 2 aromatic rings. The van der Waals surface area contributed by atoms with Crippen molar-refractivity contribution in [2.75, 3.05) is 11.1 Å². The SMILES string of the molecule is Nc1ccc(C(=O)Nc2ccc(Cl)cc2I)cn1. The Bertz CT molecular complexity index is 586. The second-order valence-electron chi connectivity index (χ2n) is 3.55. The van der Waals surface area contributed by atoms with E-state index in [1.54, 1.807) is 30.3 Å². The van der Waals surface area contributed by atoms with Crippen LogP contribution in [0.15, 0.2) is 36.5 Å². The number of nitrogens with one attached hydrogen (secondary N) is 1. The van der Waals surface area contributed by atoms with Crippen molar-refractivity contribution < 1.29 is 4.79 Å². The second kappa shape index (κ2) is 5.53. The van der Waals surface area contributed by atoms with Gasteiger partial charge in [0.1, 0.15) is 5.82 Å². The molecule has 4 nitrogen and oxygen atoms in total. The van der Waals surface area contributed by atoms with Crippen LogP contribution < -0.4 is 11.1 Å². The Hall–Kier alpha value is -1.34. The number of aromatic nitrogens is 1. The number of nitrogens with zero attached hydrogens (tertiary/aromatic N) is 1. The molecule has 1 aromatic heterocycles. The summed E-state index contributed by atoms with van der Waals surface area (Å²) in [4.78, 5) is 15.8. The van der Waals surface area contributed by atoms with Gasteiger partial charge in [-0.2, -0.15) is 0 Å². The first-order valence-corrected chi connectivity index (χ1v) is 6.50. The van der Waals surface area contributed by atoms with Gasteiger partial charge in [-0.05, 0) is 52.9 Å². The van der Waals surface area contributed by atoms with Gasteiger partial charge in [-0.25, -0.2) is 4.98 Å². The largest absolute Gasteiger partial charge is 0.384 e. The molecule has 18 heavy (non-hydrogen) atoms. The average Bonchev–Trinajstić information content (AvgIpc) is 2.33. The molecule has 0 unspecified atom stereocenters. The Morgan fingerprint density at radius 1 is 1.33 bits per heavy atom. The molecule has 0 aliphatic heterocycles. The highest BCUT2D eigenvalue weighted by atomic mass is 127. The molecule has 2 rings (SSSR count). The van der Waals surface area contributed by atoms with Crippen molar-refractivity contribution >= 4 is 51.6 Å². The highest BCUT2D eigenvalue weighted by Crippen LogP contribution is 2.22. The number of amides is 1. The van der Waals surface area contributed by atoms with Crippen molar-refractivity contribution in [2.24, 2.45) is 0 Å². The van der Waals surface area contributed by atoms with Crippen LogP contribution in [-0.2, 0) is 0 Å². The van der Waals surface area contributed by atoms with Crippen LogP contribution in [-0.4, -0.2) is 10.9 Å². The Labute approximate surface area is 123 Å². The van der Waals surface area contributed by atoms with Gasteiger partial charge in [-0.1, -0.05) is 11.6 Å². The molecule has 1 heterocycles. The van der Waals surface area contributed by atoms with Crippen LogP contribution in [0.4, 0.5) is 11.5 Å². The van der Waals surface area contributed by atoms with Crippen LogP contribution in [0.1, 0.15) is 10.4 Å². The number of nitrogen functional groups attached to an aromatic ring is 1. The monoisotopic (exact) mass is 373 g/mol. The van der Waals surface area contributed by atoms with Gasteiger partial charge < -0.3 is 11.1 Å². The molecule has 0 aliphatic carbocycles. The fourth-order valence-corrected chi connectivity index (χ4v) is 2.33. The number of nitrogens with two attached hydrogens (primary N) is 1. The number of anilines is 2. The summed E-state index contributed by atoms with van der Waals surface area (Å²) in [6, 6.07) is 8.47. The highest BCUT2D eigenvalue weighted by molar-refractivity contribution is 14.1. The zero-order chi connectivity index (χ0) is 13.1. The lowest BCUT2D eigenvalue weighted by Gasteiger charge is -2.07. The minimum Gasteiger partial charge on any atom is -0.384 e. The Balaban J connectivity index is 2.18. The molecule has 0 bridgehead atoms. The first kappa shape index (κ1) is 13.1. The number of carbonyl (C=O) groups is 1. The van der Waals surface area contributed by atoms with Gasteiger partial charge in [-0.15, -0.1) is 0 Å². The Morgan fingerprint density at radius 2 is 2.11 bits per heavy atom. The fourth-order valence-electron chi connectivity index (χ4n) is 1.32. The highest BCUT2D eigenvalue weighted by Gasteiger charge is 2.08. The van der Waals surface area contributed by atoms with Crippen molar-refractivity contribution in [3.05, 3.63) is 50.7 Å². The lowest BCUT2D eigenvalue weighted by Crippen LogP contribution is -2.13. The molecule has 0 atom stereocenters. The molecule has 92 valence electrons. The smallest absolute Gasteiger partial charge is 0.257 e. The minimum atomic E-state index is -0.234. The van der Waals surface area contributed by atoms with Gasteiger partial charge in [-0.3, -0.25) is 4.79 Å². The molecule has 0 saturated carbocycles. The molecular formula is C12H9ClIN3O. The molecule has 1 amide bonds. The van der Waals surface area contributed by atoms with Gasteiger partial charge in [0.15, 0.2) is 0 Å². The molecule has 0 radical (unpaired) electrons. The van der Waals surface area contributed by atoms with Crippen LogP contribution in [0.25, 0.3) is 0 Å². The van der Waals surface area contributed by atoms with E-state index in [4.69, 9.17) is 17.3 Å². The van der Waals surface area contributed by atoms with Crippen molar-refractivity contribution in [3.63, 3.8) is 0 Å². The summed E-state index contributed by atoms with van der Waals surface area (Å²) in [5.41, 5.74) is 6.63. The van der Waals surface area contributed by atoms with E-state index in [-0.39, 0.29) is 5.91 Å². The van der Waals surface area contributed by atoms with Crippen molar-refractivity contribution in [1.29, 1.82) is 0 Å². The maximum Gasteiger partial charge on any atom is 0.257 e. The maximum atomic E-state index is 11.9. The van der Waals surface area contributed by atoms with Crippen molar-refractivity contribution in [2.45, 2.75) is 0 Å². The van der Waals surface area contributed by atoms with Crippen LogP contribution >= 0.6 is 34.2 Å². The molecule has 0 aliphatic rings. The molecule has 3 N–H and O–H groups in total. The predicted octanol–water partition coefficient (Wildman–Crippen LogP) is 3.17. The lowest BCUT2D eigenvalue weighted by molar-refractivity contribution is 0.102. The summed E-state index contributed by atoms with van der Waals surface area (Å²) < 4.78 is 0.872. The fraction of sp³-hybridized carbons (Fsp3) is 0. The minimum absolute atomic E-state index is 0.234. The Kier molecular flexibility index (Phi) is 4.03. The van der Waals surface area contributed by atoms with Crippen LogP contribution in [0.3, 0.4) is 0 Å². The summed E-state index contributed by atoms with van der Waals surface area (Å²) in [5, 5.41) is 3.42. The summed E-state index contributed by atoms with van der Waals surface area (Å²) in [6.45, 7) is 0. The summed E-state index contributed by atoms with van der Waals surface area (Å²) in [6.07, 6.45) is 1.44. The van der Waals surface area contributed by atoms with E-state index in [1.165, 1.54) is 6.20 Å². The van der Waals surface area contributed by atoms with Gasteiger partial charge in [0.2, 0.25) is 0 Å². The molecule has 0 saturated heterocycles. The van der Waals surface area contributed by atoms with Gasteiger partial charge in [0.05, 0.1) is 11.3 Å². The summed E-state index contributed by atoms with van der Waals surface area (Å²) in [5.74, 6) is 0.148. The third-order valence-electron chi connectivity index (χ3n) is 2.23. The summed E-state index contributed by atoms with van der Waals surface area (Å²) in [7, 11) is 0. The zero-order valence-corrected chi connectivity index (χ0v) is 12.1. The number of halogens is 2. The molecule has 0 fully saturated rings. The van der Waals surface area contributed by atoms with E-state index >= 15 is 0 Å². The van der Waals surface area contributed by atoms with E-state index in [0.29, 0.717) is 22.1 Å². The summed E-state index contributed by atoms with van der Waals surface area (Å²) >= 11 is 7.96. The third kappa shape index (κ3) is 3.11. The normalized spacial score (nSPS) is 10.1. The van der Waals surface area contributed by atoms with Crippen molar-refractivity contribution in [3.8, 4) is 0 Å². The number of rotatable bonds is 2.